The molecule has 3 heterocycles. The summed E-state index contributed by atoms with van der Waals surface area (Å²) in [7, 11) is 0. The van der Waals surface area contributed by atoms with Gasteiger partial charge in [0.2, 0.25) is 0 Å². The minimum absolute atomic E-state index is 0.00873. The first-order valence-electron chi connectivity index (χ1n) is 11.7. The van der Waals surface area contributed by atoms with Crippen molar-refractivity contribution < 1.29 is 36.6 Å². The van der Waals surface area contributed by atoms with E-state index in [1.54, 1.807) is 10.9 Å². The number of nitrogens with zero attached hydrogens (tertiary/aromatic N) is 3. The average molecular weight is 533 g/mol. The first kappa shape index (κ1) is 25.1. The van der Waals surface area contributed by atoms with E-state index in [2.05, 4.69) is 20.1 Å². The highest BCUT2D eigenvalue weighted by molar-refractivity contribution is 6.30. The molecular weight excluding hydrogens is 508 g/mol. The first-order valence-corrected chi connectivity index (χ1v) is 12.0. The van der Waals surface area contributed by atoms with Gasteiger partial charge < -0.3 is 19.7 Å². The maximum absolute atomic E-state index is 13.5. The molecule has 2 aromatic rings. The van der Waals surface area contributed by atoms with Crippen LogP contribution in [-0.2, 0) is 14.3 Å². The highest BCUT2D eigenvalue weighted by atomic mass is 35.5. The van der Waals surface area contributed by atoms with Gasteiger partial charge in [0.15, 0.2) is 6.61 Å². The van der Waals surface area contributed by atoms with Crippen LogP contribution >= 0.6 is 11.6 Å². The number of carbonyl (C=O) groups is 1. The van der Waals surface area contributed by atoms with Crippen LogP contribution in [-0.4, -0.2) is 66.1 Å². The number of ether oxygens (including phenoxy) is 3. The molecule has 1 N–H and O–H groups in total. The number of carbonyl (C=O) groups excluding carboxylic acids is 1. The van der Waals surface area contributed by atoms with Gasteiger partial charge in [0, 0.05) is 18.3 Å². The van der Waals surface area contributed by atoms with E-state index in [1.807, 2.05) is 6.20 Å². The molecule has 1 amide bonds. The van der Waals surface area contributed by atoms with Gasteiger partial charge in [-0.15, -0.1) is 13.2 Å². The molecular formula is C23H25ClF4N4O4. The smallest absolute Gasteiger partial charge is 0.484 e. The van der Waals surface area contributed by atoms with E-state index in [0.717, 1.165) is 11.8 Å². The molecule has 2 aliphatic heterocycles. The Kier molecular flexibility index (Phi) is 7.01. The highest BCUT2D eigenvalue weighted by Gasteiger charge is 2.43. The number of aromatic nitrogens is 2. The maximum atomic E-state index is 13.5. The van der Waals surface area contributed by atoms with Crippen molar-refractivity contribution in [2.45, 2.75) is 62.3 Å². The molecule has 3 fully saturated rings. The number of rotatable bonds is 7. The van der Waals surface area contributed by atoms with E-state index in [9.17, 15) is 22.4 Å². The van der Waals surface area contributed by atoms with Crippen LogP contribution in [0.2, 0.25) is 5.02 Å². The van der Waals surface area contributed by atoms with Gasteiger partial charge in [-0.25, -0.2) is 4.39 Å². The van der Waals surface area contributed by atoms with Crippen LogP contribution in [0.5, 0.6) is 5.75 Å². The fourth-order valence-corrected chi connectivity index (χ4v) is 5.26. The predicted octanol–water partition coefficient (Wildman–Crippen LogP) is 3.85. The van der Waals surface area contributed by atoms with Crippen molar-refractivity contribution >= 4 is 23.2 Å². The van der Waals surface area contributed by atoms with Crippen molar-refractivity contribution in [3.63, 3.8) is 0 Å². The van der Waals surface area contributed by atoms with Gasteiger partial charge in [-0.3, -0.25) is 14.2 Å². The fourth-order valence-electron chi connectivity index (χ4n) is 5.14. The van der Waals surface area contributed by atoms with Crippen LogP contribution in [0.25, 0.3) is 0 Å². The summed E-state index contributed by atoms with van der Waals surface area (Å²) in [4.78, 5) is 14.7. The molecule has 36 heavy (non-hydrogen) atoms. The molecule has 196 valence electrons. The molecule has 0 unspecified atom stereocenters. The van der Waals surface area contributed by atoms with Gasteiger partial charge in [0.05, 0.1) is 54.4 Å². The van der Waals surface area contributed by atoms with Crippen molar-refractivity contribution in [2.24, 2.45) is 0 Å². The second kappa shape index (κ2) is 10.1. The Bertz CT molecular complexity index is 1080. The fraction of sp³-hybridized carbons (Fsp3) is 0.565. The van der Waals surface area contributed by atoms with E-state index in [1.165, 1.54) is 12.1 Å². The number of hydrogen-bond donors (Lipinski definition) is 1. The van der Waals surface area contributed by atoms with Crippen molar-refractivity contribution in [1.82, 2.24) is 15.1 Å². The lowest BCUT2D eigenvalue weighted by atomic mass is 9.89. The Morgan fingerprint density at radius 2 is 1.89 bits per heavy atom. The number of nitrogens with one attached hydrogen (secondary N) is 1. The SMILES string of the molecule is O=C(COc1ccc(Cl)c(F)c1)N[C@H]1C[C@H]2COC[C@@H](C1)N2c1cnn(C2CC(OC(F)(F)F)C2)c1. The maximum Gasteiger partial charge on any atom is 0.522 e. The molecule has 8 nitrogen and oxygen atoms in total. The van der Waals surface area contributed by atoms with Gasteiger partial charge in [-0.1, -0.05) is 11.6 Å². The Labute approximate surface area is 209 Å². The predicted molar refractivity (Wildman–Crippen MR) is 120 cm³/mol. The molecule has 1 aliphatic carbocycles. The van der Waals surface area contributed by atoms with Crippen LogP contribution in [0.3, 0.4) is 0 Å². The third-order valence-electron chi connectivity index (χ3n) is 6.78. The van der Waals surface area contributed by atoms with Gasteiger partial charge in [0.25, 0.3) is 5.91 Å². The average Bonchev–Trinajstić information content (AvgIpc) is 3.25. The van der Waals surface area contributed by atoms with Crippen molar-refractivity contribution in [3.05, 3.63) is 41.4 Å². The number of halogens is 5. The monoisotopic (exact) mass is 532 g/mol. The van der Waals surface area contributed by atoms with E-state index in [-0.39, 0.29) is 60.3 Å². The Balaban J connectivity index is 1.14. The van der Waals surface area contributed by atoms with Gasteiger partial charge in [0.1, 0.15) is 11.6 Å². The molecule has 2 bridgehead atoms. The standard InChI is InChI=1S/C23H25ClF4N4O4/c24-20-2-1-18(7-21(20)25)35-12-22(33)30-13-3-15-10-34-11-16(4-13)32(15)17-8-29-31(9-17)14-5-19(6-14)36-23(26,27)28/h1-2,7-9,13-16,19H,3-6,10-12H2,(H,30,33)/t13-,14?,15-,16+,19?. The van der Waals surface area contributed by atoms with Crippen molar-refractivity contribution in [2.75, 3.05) is 24.7 Å². The summed E-state index contributed by atoms with van der Waals surface area (Å²) >= 11 is 5.66. The van der Waals surface area contributed by atoms with Crippen LogP contribution in [0, 0.1) is 5.82 Å². The van der Waals surface area contributed by atoms with Crippen LogP contribution in [0.1, 0.15) is 31.7 Å². The van der Waals surface area contributed by atoms with Crippen LogP contribution in [0.4, 0.5) is 23.2 Å². The summed E-state index contributed by atoms with van der Waals surface area (Å²) in [6, 6.07) is 3.79. The number of benzene rings is 1. The zero-order chi connectivity index (χ0) is 25.4. The van der Waals surface area contributed by atoms with Gasteiger partial charge in [-0.05, 0) is 37.8 Å². The third kappa shape index (κ3) is 5.70. The summed E-state index contributed by atoms with van der Waals surface area (Å²) in [6.45, 7) is 0.722. The van der Waals surface area contributed by atoms with E-state index in [4.69, 9.17) is 21.1 Å². The molecule has 1 aromatic carbocycles. The summed E-state index contributed by atoms with van der Waals surface area (Å²) in [5.41, 5.74) is 0.881. The summed E-state index contributed by atoms with van der Waals surface area (Å²) in [5.74, 6) is -0.715. The molecule has 5 rings (SSSR count). The van der Waals surface area contributed by atoms with E-state index < -0.39 is 18.3 Å². The summed E-state index contributed by atoms with van der Waals surface area (Å²) in [5, 5.41) is 7.35. The quantitative estimate of drug-likeness (QED) is 0.546. The van der Waals surface area contributed by atoms with Crippen LogP contribution < -0.4 is 15.0 Å². The highest BCUT2D eigenvalue weighted by Crippen LogP contribution is 2.39. The topological polar surface area (TPSA) is 77.9 Å². The molecule has 1 saturated carbocycles. The number of piperidine rings is 1. The summed E-state index contributed by atoms with van der Waals surface area (Å²) in [6.07, 6.45) is -0.0641. The normalized spacial score (nSPS) is 27.9. The third-order valence-corrected chi connectivity index (χ3v) is 7.08. The Morgan fingerprint density at radius 1 is 1.17 bits per heavy atom. The van der Waals surface area contributed by atoms with Gasteiger partial charge >= 0.3 is 6.36 Å². The molecule has 1 aromatic heterocycles. The number of alkyl halides is 3. The number of anilines is 1. The van der Waals surface area contributed by atoms with Crippen molar-refractivity contribution in [3.8, 4) is 5.75 Å². The van der Waals surface area contributed by atoms with E-state index in [0.29, 0.717) is 26.1 Å². The number of hydrogen-bond acceptors (Lipinski definition) is 6. The number of amides is 1. The lowest BCUT2D eigenvalue weighted by Crippen LogP contribution is -2.61. The number of fused-ring (bicyclic) bond motifs is 2. The lowest BCUT2D eigenvalue weighted by Gasteiger charge is -2.49. The molecule has 0 radical (unpaired) electrons. The van der Waals surface area contributed by atoms with Gasteiger partial charge in [-0.2, -0.15) is 5.10 Å². The minimum atomic E-state index is -4.62. The molecule has 0 spiro atoms. The number of morpholine rings is 1. The zero-order valence-corrected chi connectivity index (χ0v) is 19.8. The second-order valence-corrected chi connectivity index (χ2v) is 9.75. The van der Waals surface area contributed by atoms with E-state index >= 15 is 0 Å². The Hall–Kier alpha value is -2.57. The lowest BCUT2D eigenvalue weighted by molar-refractivity contribution is -0.353. The van der Waals surface area contributed by atoms with Crippen molar-refractivity contribution in [1.29, 1.82) is 0 Å². The Morgan fingerprint density at radius 3 is 2.56 bits per heavy atom. The molecule has 3 atom stereocenters. The first-order chi connectivity index (χ1) is 17.1. The molecule has 13 heteroatoms. The summed E-state index contributed by atoms with van der Waals surface area (Å²) < 4.78 is 67.6. The van der Waals surface area contributed by atoms with Crippen LogP contribution in [0.15, 0.2) is 30.6 Å². The molecule has 3 aliphatic rings. The largest absolute Gasteiger partial charge is 0.522 e. The minimum Gasteiger partial charge on any atom is -0.484 e. The zero-order valence-electron chi connectivity index (χ0n) is 19.1. The molecule has 2 saturated heterocycles. The second-order valence-electron chi connectivity index (χ2n) is 9.34.